The Kier molecular flexibility index (Phi) is 30.5. The van der Waals surface area contributed by atoms with Gasteiger partial charge in [0.25, 0.3) is 23.7 Å². The fourth-order valence-corrected chi connectivity index (χ4v) is 7.40. The maximum Gasteiger partial charge on any atom is 1.00 e. The standard InChI is InChI=1S/C17H25F11N2O4S.C14H21F11N2O2S.C2H3ClO2.Na/c1-30(2,8-4-12(31)32)7-3-6-29-35(33,34)9-5-13(18,19)10-14(20,21)11-15(22,16(23,24)25)17(26,27)28;1-27(2)6-3-5-26-30(28,29)7-4-10(15,16)8-11(17,18)9-12(19,13(20,21)22)14(23,24)25;3-1-2(4)5;/h29H,3-11H2,1-2H3;26H,3-9H2,1-2H3;1H2,(H,4,5);/q;;;+1/p-1. The van der Waals surface area contributed by atoms with Gasteiger partial charge >= 0.3 is 65.6 Å². The van der Waals surface area contributed by atoms with Gasteiger partial charge in [0.2, 0.25) is 20.0 Å². The van der Waals surface area contributed by atoms with Crippen LogP contribution in [-0.4, -0.2) is 176 Å². The van der Waals surface area contributed by atoms with Gasteiger partial charge in [-0.1, -0.05) is 0 Å². The van der Waals surface area contributed by atoms with Crippen LogP contribution in [0.2, 0.25) is 0 Å². The van der Waals surface area contributed by atoms with Gasteiger partial charge in [-0.25, -0.2) is 70.2 Å². The van der Waals surface area contributed by atoms with Crippen molar-refractivity contribution in [2.24, 2.45) is 0 Å². The number of rotatable bonds is 28. The number of carboxylic acids is 2. The van der Waals surface area contributed by atoms with Gasteiger partial charge in [-0.2, -0.15) is 52.7 Å². The van der Waals surface area contributed by atoms with E-state index in [9.17, 15) is 123 Å². The number of aliphatic carboxylic acids is 2. The largest absolute Gasteiger partial charge is 1.00 e. The topological polar surface area (TPSA) is 176 Å². The Balaban J connectivity index is -0.000000574. The number of carbonyl (C=O) groups is 2. The molecule has 0 fully saturated rings. The summed E-state index contributed by atoms with van der Waals surface area (Å²) in [5, 5.41) is 19.6. The molecule has 0 aliphatic carbocycles. The number of quaternary nitrogens is 1. The monoisotopic (exact) mass is 1170 g/mol. The molecule has 0 saturated heterocycles. The minimum Gasteiger partial charge on any atom is -0.550 e. The molecule has 71 heavy (non-hydrogen) atoms. The number of hydrogen-bond acceptors (Lipinski definition) is 9. The Labute approximate surface area is 419 Å². The van der Waals surface area contributed by atoms with Crippen molar-refractivity contribution in [3.63, 3.8) is 0 Å². The van der Waals surface area contributed by atoms with Crippen molar-refractivity contribution in [1.29, 1.82) is 0 Å². The molecule has 2 N–H and O–H groups in total. The Morgan fingerprint density at radius 2 is 0.817 bits per heavy atom. The first-order valence-electron chi connectivity index (χ1n) is 19.1. The first kappa shape index (κ1) is 75.9. The molecular weight excluding hydrogens is 1120 g/mol. The van der Waals surface area contributed by atoms with Crippen LogP contribution in [0.3, 0.4) is 0 Å². The molecule has 0 aromatic rings. The molecule has 0 spiro atoms. The summed E-state index contributed by atoms with van der Waals surface area (Å²) in [6.07, 6.45) is -44.1. The van der Waals surface area contributed by atoms with Crippen LogP contribution >= 0.6 is 11.6 Å². The number of nitrogens with zero attached hydrogens (tertiary/aromatic N) is 2. The molecule has 0 amide bonds. The van der Waals surface area contributed by atoms with Gasteiger partial charge < -0.3 is 29.2 Å². The second kappa shape index (κ2) is 28.5. The van der Waals surface area contributed by atoms with Crippen molar-refractivity contribution < 1.29 is 167 Å². The quantitative estimate of drug-likeness (QED) is 0.0393. The summed E-state index contributed by atoms with van der Waals surface area (Å²) < 4.78 is 336. The summed E-state index contributed by atoms with van der Waals surface area (Å²) in [5.41, 5.74) is -12.9. The minimum absolute atomic E-state index is 0. The normalized spacial score (nSPS) is 14.3. The van der Waals surface area contributed by atoms with Crippen LogP contribution in [0.4, 0.5) is 96.6 Å². The number of carboxylic acid groups (broad SMARTS) is 2. The van der Waals surface area contributed by atoms with E-state index in [0.29, 0.717) is 6.54 Å². The summed E-state index contributed by atoms with van der Waals surface area (Å²) in [5.74, 6) is -26.2. The van der Waals surface area contributed by atoms with Gasteiger partial charge in [0.1, 0.15) is 0 Å². The summed E-state index contributed by atoms with van der Waals surface area (Å²) in [4.78, 5) is 21.3. The van der Waals surface area contributed by atoms with Gasteiger partial charge in [0, 0.05) is 44.7 Å². The molecule has 0 atom stereocenters. The van der Waals surface area contributed by atoms with Crippen LogP contribution in [0.15, 0.2) is 0 Å². The van der Waals surface area contributed by atoms with Crippen LogP contribution in [0.5, 0.6) is 0 Å². The second-order valence-electron chi connectivity index (χ2n) is 16.2. The third kappa shape index (κ3) is 31.8. The van der Waals surface area contributed by atoms with Crippen molar-refractivity contribution in [3.05, 3.63) is 0 Å². The average Bonchev–Trinajstić information content (AvgIpc) is 3.10. The van der Waals surface area contributed by atoms with Gasteiger partial charge in [-0.05, 0) is 27.1 Å². The van der Waals surface area contributed by atoms with Crippen LogP contribution in [0, 0.1) is 0 Å². The van der Waals surface area contributed by atoms with E-state index in [1.807, 2.05) is 9.44 Å². The van der Waals surface area contributed by atoms with E-state index in [1.165, 1.54) is 0 Å². The van der Waals surface area contributed by atoms with Crippen molar-refractivity contribution in [1.82, 2.24) is 14.3 Å². The minimum atomic E-state index is -6.87. The number of halogens is 23. The molecule has 0 bridgehead atoms. The summed E-state index contributed by atoms with van der Waals surface area (Å²) in [6, 6.07) is 0. The van der Waals surface area contributed by atoms with Gasteiger partial charge in [0.15, 0.2) is 0 Å². The van der Waals surface area contributed by atoms with Gasteiger partial charge in [-0.15, -0.1) is 11.6 Å². The zero-order chi connectivity index (χ0) is 56.7. The fraction of sp³-hybridized carbons (Fsp3) is 0.939. The average molecular weight is 1170 g/mol. The van der Waals surface area contributed by atoms with Crippen molar-refractivity contribution in [3.8, 4) is 0 Å². The van der Waals surface area contributed by atoms with E-state index < -0.39 is 148 Å². The van der Waals surface area contributed by atoms with Crippen molar-refractivity contribution in [2.45, 2.75) is 118 Å². The van der Waals surface area contributed by atoms with E-state index in [0.717, 1.165) is 0 Å². The predicted molar refractivity (Wildman–Crippen MR) is 198 cm³/mol. The number of carbonyl (C=O) groups excluding carboxylic acids is 2. The van der Waals surface area contributed by atoms with E-state index in [2.05, 4.69) is 11.6 Å². The van der Waals surface area contributed by atoms with Crippen molar-refractivity contribution in [2.75, 3.05) is 78.3 Å². The van der Waals surface area contributed by atoms with E-state index in [-0.39, 0.29) is 79.5 Å². The number of sulfonamides is 2. The van der Waals surface area contributed by atoms with Gasteiger partial charge in [-0.3, -0.25) is 0 Å². The fourth-order valence-electron chi connectivity index (χ4n) is 5.07. The molecule has 38 heteroatoms. The summed E-state index contributed by atoms with van der Waals surface area (Å²) in [7, 11) is -2.34. The molecule has 12 nitrogen and oxygen atoms in total. The third-order valence-corrected chi connectivity index (χ3v) is 11.7. The Bertz CT molecular complexity index is 1810. The van der Waals surface area contributed by atoms with Crippen LogP contribution in [-0.2, 0) is 29.6 Å². The zero-order valence-electron chi connectivity index (χ0n) is 37.7. The molecule has 0 aliphatic rings. The van der Waals surface area contributed by atoms with E-state index in [4.69, 9.17) is 9.90 Å². The van der Waals surface area contributed by atoms with Crippen LogP contribution < -0.4 is 49.2 Å². The molecule has 0 rings (SSSR count). The third-order valence-electron chi connectivity index (χ3n) is 8.71. The van der Waals surface area contributed by atoms with Crippen LogP contribution in [0.25, 0.3) is 0 Å². The molecule has 0 saturated carbocycles. The number of alkyl halides is 23. The molecule has 0 heterocycles. The Morgan fingerprint density at radius 3 is 1.07 bits per heavy atom. The Morgan fingerprint density at radius 1 is 0.521 bits per heavy atom. The first-order chi connectivity index (χ1) is 30.6. The second-order valence-corrected chi connectivity index (χ2v) is 20.3. The maximum absolute atomic E-state index is 13.8. The molecular formula is C33H48ClF22N4NaO8S2. The van der Waals surface area contributed by atoms with Crippen molar-refractivity contribution >= 4 is 43.6 Å². The van der Waals surface area contributed by atoms with Crippen LogP contribution in [0.1, 0.15) is 57.8 Å². The predicted octanol–water partition coefficient (Wildman–Crippen LogP) is 2.90. The van der Waals surface area contributed by atoms with E-state index >= 15 is 0 Å². The number of nitrogens with one attached hydrogen (secondary N) is 2. The zero-order valence-corrected chi connectivity index (χ0v) is 42.1. The van der Waals surface area contributed by atoms with E-state index in [1.54, 1.807) is 33.1 Å². The Hall–Kier alpha value is -1.57. The molecule has 422 valence electrons. The van der Waals surface area contributed by atoms with Gasteiger partial charge in [0.05, 0.1) is 76.2 Å². The molecule has 0 radical (unpaired) electrons. The first-order valence-corrected chi connectivity index (χ1v) is 22.9. The molecule has 0 aromatic heterocycles. The SMILES string of the molecule is CN(C)CCCNS(=O)(=O)CCC(F)(F)CC(F)(F)CC(F)(C(F)(F)F)C(F)(F)F.C[N+](C)(CCCNS(=O)(=O)CCC(F)(F)CC(F)(F)CC(F)(C(F)(F)F)C(F)(F)F)CCC(=O)[O-].O=C([O-])CCl.[Na+]. The molecule has 0 unspecified atom stereocenters. The maximum atomic E-state index is 13.8. The summed E-state index contributed by atoms with van der Waals surface area (Å²) in [6.45, 7) is 0.302. The summed E-state index contributed by atoms with van der Waals surface area (Å²) >= 11 is 4.67. The molecule has 0 aromatic carbocycles. The molecule has 0 aliphatic heterocycles. The smallest absolute Gasteiger partial charge is 0.550 e. The number of hydrogen-bond donors (Lipinski definition) is 2.